The van der Waals surface area contributed by atoms with Crippen molar-refractivity contribution in [1.82, 2.24) is 5.32 Å². The molecular weight excluding hydrogens is 286 g/mol. The van der Waals surface area contributed by atoms with Crippen LogP contribution in [-0.4, -0.2) is 29.0 Å². The van der Waals surface area contributed by atoms with Crippen LogP contribution < -0.4 is 10.6 Å². The van der Waals surface area contributed by atoms with Crippen molar-refractivity contribution >= 4 is 17.3 Å². The van der Waals surface area contributed by atoms with E-state index in [-0.39, 0.29) is 17.3 Å². The van der Waals surface area contributed by atoms with E-state index in [1.165, 1.54) is 30.3 Å². The number of nitrogens with zero attached hydrogens (tertiary/aromatic N) is 1. The molecule has 0 aromatic heterocycles. The quantitative estimate of drug-likeness (QED) is 0.431. The van der Waals surface area contributed by atoms with E-state index in [1.54, 1.807) is 18.2 Å². The van der Waals surface area contributed by atoms with Crippen molar-refractivity contribution in [3.63, 3.8) is 0 Å². The molecule has 0 heterocycles. The summed E-state index contributed by atoms with van der Waals surface area (Å²) in [7, 11) is 0. The number of hydrogen-bond donors (Lipinski definition) is 3. The van der Waals surface area contributed by atoms with Crippen molar-refractivity contribution in [3.8, 4) is 5.75 Å². The first-order valence-electron chi connectivity index (χ1n) is 6.62. The van der Waals surface area contributed by atoms with E-state index in [4.69, 9.17) is 5.11 Å². The van der Waals surface area contributed by atoms with Crippen molar-refractivity contribution < 1.29 is 14.8 Å². The fourth-order valence-corrected chi connectivity index (χ4v) is 1.87. The monoisotopic (exact) mass is 301 g/mol. The van der Waals surface area contributed by atoms with Crippen LogP contribution in [-0.2, 0) is 0 Å². The molecule has 22 heavy (non-hydrogen) atoms. The van der Waals surface area contributed by atoms with Crippen LogP contribution in [0, 0.1) is 10.1 Å². The summed E-state index contributed by atoms with van der Waals surface area (Å²) in [5.41, 5.74) is 0.835. The number of anilines is 1. The Hall–Kier alpha value is -3.09. The van der Waals surface area contributed by atoms with Gasteiger partial charge in [-0.3, -0.25) is 14.9 Å². The molecule has 2 rings (SSSR count). The summed E-state index contributed by atoms with van der Waals surface area (Å²) in [6, 6.07) is 12.2. The lowest BCUT2D eigenvalue weighted by Gasteiger charge is -2.08. The number of carbonyl (C=O) groups is 1. The van der Waals surface area contributed by atoms with Crippen LogP contribution in [0.15, 0.2) is 48.5 Å². The number of aromatic hydroxyl groups is 1. The minimum atomic E-state index is -0.461. The second kappa shape index (κ2) is 7.07. The normalized spacial score (nSPS) is 10.0. The summed E-state index contributed by atoms with van der Waals surface area (Å²) in [5.74, 6) is -0.182. The molecule has 0 saturated heterocycles. The van der Waals surface area contributed by atoms with Gasteiger partial charge in [-0.2, -0.15) is 0 Å². The number of carbonyl (C=O) groups excluding carboxylic acids is 1. The van der Waals surface area contributed by atoms with Crippen LogP contribution in [0.5, 0.6) is 5.75 Å². The van der Waals surface area contributed by atoms with Gasteiger partial charge >= 0.3 is 0 Å². The number of nitro groups is 1. The Balaban J connectivity index is 1.83. The SMILES string of the molecule is O=C(NCCNc1ccccc1[N+](=O)[O-])c1ccc(O)cc1. The minimum absolute atomic E-state index is 0.00707. The molecule has 0 spiro atoms. The Morgan fingerprint density at radius 1 is 1.09 bits per heavy atom. The molecular formula is C15H15N3O4. The van der Waals surface area contributed by atoms with Crippen molar-refractivity contribution in [3.05, 3.63) is 64.2 Å². The highest BCUT2D eigenvalue weighted by molar-refractivity contribution is 5.94. The molecule has 0 aliphatic heterocycles. The van der Waals surface area contributed by atoms with Gasteiger partial charge in [0, 0.05) is 24.7 Å². The molecule has 7 heteroatoms. The molecule has 0 radical (unpaired) electrons. The zero-order chi connectivity index (χ0) is 15.9. The maximum absolute atomic E-state index is 11.8. The smallest absolute Gasteiger partial charge is 0.292 e. The minimum Gasteiger partial charge on any atom is -0.508 e. The molecule has 3 N–H and O–H groups in total. The van der Waals surface area contributed by atoms with Crippen LogP contribution in [0.2, 0.25) is 0 Å². The van der Waals surface area contributed by atoms with Gasteiger partial charge in [0.1, 0.15) is 11.4 Å². The number of benzene rings is 2. The highest BCUT2D eigenvalue weighted by Crippen LogP contribution is 2.22. The standard InChI is InChI=1S/C15H15N3O4/c19-12-7-5-11(6-8-12)15(20)17-10-9-16-13-3-1-2-4-14(13)18(21)22/h1-8,16,19H,9-10H2,(H,17,20). The summed E-state index contributed by atoms with van der Waals surface area (Å²) in [6.45, 7) is 0.667. The van der Waals surface area contributed by atoms with Gasteiger partial charge in [0.2, 0.25) is 0 Å². The predicted octanol–water partition coefficient (Wildman–Crippen LogP) is 2.14. The van der Waals surface area contributed by atoms with E-state index >= 15 is 0 Å². The van der Waals surface area contributed by atoms with E-state index < -0.39 is 4.92 Å². The van der Waals surface area contributed by atoms with Crippen molar-refractivity contribution in [2.24, 2.45) is 0 Å². The molecule has 2 aromatic rings. The van der Waals surface area contributed by atoms with E-state index in [0.717, 1.165) is 0 Å². The Morgan fingerprint density at radius 2 is 1.77 bits per heavy atom. The van der Waals surface area contributed by atoms with Gasteiger partial charge in [-0.1, -0.05) is 12.1 Å². The molecule has 2 aromatic carbocycles. The topological polar surface area (TPSA) is 104 Å². The molecule has 0 atom stereocenters. The van der Waals surface area contributed by atoms with Gasteiger partial charge in [0.05, 0.1) is 4.92 Å². The van der Waals surface area contributed by atoms with Gasteiger partial charge < -0.3 is 15.7 Å². The zero-order valence-electron chi connectivity index (χ0n) is 11.7. The van der Waals surface area contributed by atoms with E-state index in [9.17, 15) is 14.9 Å². The maximum Gasteiger partial charge on any atom is 0.292 e. The van der Waals surface area contributed by atoms with Crippen LogP contribution in [0.1, 0.15) is 10.4 Å². The fourth-order valence-electron chi connectivity index (χ4n) is 1.87. The summed E-state index contributed by atoms with van der Waals surface area (Å²) < 4.78 is 0. The van der Waals surface area contributed by atoms with Crippen LogP contribution >= 0.6 is 0 Å². The van der Waals surface area contributed by atoms with Gasteiger partial charge in [-0.15, -0.1) is 0 Å². The summed E-state index contributed by atoms with van der Waals surface area (Å²) in [4.78, 5) is 22.2. The number of para-hydroxylation sites is 2. The van der Waals surface area contributed by atoms with Crippen LogP contribution in [0.25, 0.3) is 0 Å². The van der Waals surface area contributed by atoms with Crippen molar-refractivity contribution in [2.75, 3.05) is 18.4 Å². The first kappa shape index (κ1) is 15.3. The Kier molecular flexibility index (Phi) is 4.92. The third-order valence-electron chi connectivity index (χ3n) is 2.96. The first-order valence-corrected chi connectivity index (χ1v) is 6.62. The fraction of sp³-hybridized carbons (Fsp3) is 0.133. The number of phenols is 1. The second-order valence-corrected chi connectivity index (χ2v) is 4.50. The number of amides is 1. The van der Waals surface area contributed by atoms with E-state index in [0.29, 0.717) is 24.3 Å². The molecule has 0 aliphatic rings. The number of hydrogen-bond acceptors (Lipinski definition) is 5. The molecule has 7 nitrogen and oxygen atoms in total. The summed E-state index contributed by atoms with van der Waals surface area (Å²) in [5, 5.41) is 25.6. The third kappa shape index (κ3) is 3.95. The van der Waals surface area contributed by atoms with Gasteiger partial charge in [0.15, 0.2) is 0 Å². The highest BCUT2D eigenvalue weighted by atomic mass is 16.6. The third-order valence-corrected chi connectivity index (χ3v) is 2.96. The van der Waals surface area contributed by atoms with E-state index in [2.05, 4.69) is 10.6 Å². The Labute approximate surface area is 126 Å². The average molecular weight is 301 g/mol. The van der Waals surface area contributed by atoms with Crippen LogP contribution in [0.4, 0.5) is 11.4 Å². The van der Waals surface area contributed by atoms with Gasteiger partial charge in [0.25, 0.3) is 11.6 Å². The lowest BCUT2D eigenvalue weighted by molar-refractivity contribution is -0.384. The van der Waals surface area contributed by atoms with E-state index in [1.807, 2.05) is 0 Å². The lowest BCUT2D eigenvalue weighted by Crippen LogP contribution is -2.28. The maximum atomic E-state index is 11.8. The summed E-state index contributed by atoms with van der Waals surface area (Å²) >= 11 is 0. The molecule has 0 saturated carbocycles. The average Bonchev–Trinajstić information content (AvgIpc) is 2.52. The van der Waals surface area contributed by atoms with Crippen LogP contribution in [0.3, 0.4) is 0 Å². The Bertz CT molecular complexity index is 671. The number of nitro benzene ring substituents is 1. The first-order chi connectivity index (χ1) is 10.6. The van der Waals surface area contributed by atoms with Gasteiger partial charge in [-0.25, -0.2) is 0 Å². The Morgan fingerprint density at radius 3 is 2.45 bits per heavy atom. The lowest BCUT2D eigenvalue weighted by atomic mass is 10.2. The second-order valence-electron chi connectivity index (χ2n) is 4.50. The molecule has 114 valence electrons. The molecule has 1 amide bonds. The van der Waals surface area contributed by atoms with Crippen molar-refractivity contribution in [2.45, 2.75) is 0 Å². The number of phenolic OH excluding ortho intramolecular Hbond substituents is 1. The largest absolute Gasteiger partial charge is 0.508 e. The number of nitrogens with one attached hydrogen (secondary N) is 2. The summed E-state index contributed by atoms with van der Waals surface area (Å²) in [6.07, 6.45) is 0. The van der Waals surface area contributed by atoms with Crippen molar-refractivity contribution in [1.29, 1.82) is 0 Å². The molecule has 0 bridgehead atoms. The molecule has 0 unspecified atom stereocenters. The highest BCUT2D eigenvalue weighted by Gasteiger charge is 2.11. The van der Waals surface area contributed by atoms with Gasteiger partial charge in [-0.05, 0) is 30.3 Å². The zero-order valence-corrected chi connectivity index (χ0v) is 11.7. The number of rotatable bonds is 6. The molecule has 0 aliphatic carbocycles. The molecule has 0 fully saturated rings. The predicted molar refractivity (Wildman–Crippen MR) is 82.0 cm³/mol.